The van der Waals surface area contributed by atoms with Gasteiger partial charge in [0, 0.05) is 18.0 Å². The molecule has 1 aromatic carbocycles. The molecule has 0 atom stereocenters. The Labute approximate surface area is 120 Å². The molecule has 114 valence electrons. The van der Waals surface area contributed by atoms with E-state index in [1.807, 2.05) is 0 Å². The maximum atomic E-state index is 11.9. The molecule has 20 heavy (non-hydrogen) atoms. The van der Waals surface area contributed by atoms with E-state index in [4.69, 9.17) is 0 Å². The zero-order valence-corrected chi connectivity index (χ0v) is 12.5. The van der Waals surface area contributed by atoms with Gasteiger partial charge in [0.15, 0.2) is 9.84 Å². The second-order valence-electron chi connectivity index (χ2n) is 4.06. The summed E-state index contributed by atoms with van der Waals surface area (Å²) in [4.78, 5) is 0.231. The van der Waals surface area contributed by atoms with Crippen molar-refractivity contribution in [2.45, 2.75) is 23.7 Å². The van der Waals surface area contributed by atoms with Gasteiger partial charge in [0.1, 0.15) is 0 Å². The van der Waals surface area contributed by atoms with Crippen LogP contribution in [0.25, 0.3) is 0 Å². The van der Waals surface area contributed by atoms with Crippen molar-refractivity contribution in [2.75, 3.05) is 23.4 Å². The Bertz CT molecular complexity index is 512. The number of rotatable bonds is 7. The maximum Gasteiger partial charge on any atom is 0.441 e. The van der Waals surface area contributed by atoms with Crippen LogP contribution in [-0.2, 0) is 9.84 Å². The Kier molecular flexibility index (Phi) is 6.19. The highest BCUT2D eigenvalue weighted by Crippen LogP contribution is 2.29. The van der Waals surface area contributed by atoms with Gasteiger partial charge in [-0.05, 0) is 42.4 Å². The molecule has 0 aromatic heterocycles. The summed E-state index contributed by atoms with van der Waals surface area (Å²) in [6.07, 6.45) is 0.539. The lowest BCUT2D eigenvalue weighted by atomic mass is 10.3. The molecular weight excluding hydrogens is 311 g/mol. The lowest BCUT2D eigenvalue weighted by molar-refractivity contribution is -0.0327. The molecule has 0 bridgehead atoms. The molecular formula is C12H16F3NO2S2. The lowest BCUT2D eigenvalue weighted by Crippen LogP contribution is -2.10. The van der Waals surface area contributed by atoms with E-state index in [9.17, 15) is 21.6 Å². The summed E-state index contributed by atoms with van der Waals surface area (Å²) >= 11 is -0.0916. The summed E-state index contributed by atoms with van der Waals surface area (Å²) in [5, 5.41) is 2.81. The van der Waals surface area contributed by atoms with Crippen molar-refractivity contribution in [3.63, 3.8) is 0 Å². The van der Waals surface area contributed by atoms with E-state index >= 15 is 0 Å². The third-order valence-corrected chi connectivity index (χ3v) is 5.05. The highest BCUT2D eigenvalue weighted by Gasteiger charge is 2.27. The van der Waals surface area contributed by atoms with E-state index in [0.29, 0.717) is 12.1 Å². The second-order valence-corrected chi connectivity index (χ2v) is 7.33. The van der Waals surface area contributed by atoms with E-state index < -0.39 is 15.3 Å². The predicted molar refractivity (Wildman–Crippen MR) is 75.8 cm³/mol. The summed E-state index contributed by atoms with van der Waals surface area (Å²) in [5.41, 5.74) is -3.62. The normalized spacial score (nSPS) is 12.4. The number of sulfone groups is 1. The number of anilines is 1. The zero-order chi connectivity index (χ0) is 15.2. The molecule has 0 aliphatic heterocycles. The lowest BCUT2D eigenvalue weighted by Gasteiger charge is -2.09. The molecule has 0 aliphatic rings. The molecule has 8 heteroatoms. The van der Waals surface area contributed by atoms with Gasteiger partial charge in [-0.1, -0.05) is 6.92 Å². The minimum atomic E-state index is -4.22. The number of benzene rings is 1. The number of hydrogen-bond acceptors (Lipinski definition) is 4. The smallest absolute Gasteiger partial charge is 0.384 e. The Morgan fingerprint density at radius 1 is 1.20 bits per heavy atom. The first-order chi connectivity index (χ1) is 9.24. The first-order valence-electron chi connectivity index (χ1n) is 6.02. The van der Waals surface area contributed by atoms with Crippen molar-refractivity contribution < 1.29 is 21.6 Å². The van der Waals surface area contributed by atoms with Gasteiger partial charge in [-0.3, -0.25) is 0 Å². The van der Waals surface area contributed by atoms with Crippen LogP contribution in [0.3, 0.4) is 0 Å². The molecule has 3 nitrogen and oxygen atoms in total. The van der Waals surface area contributed by atoms with Crippen LogP contribution < -0.4 is 5.32 Å². The van der Waals surface area contributed by atoms with Crippen molar-refractivity contribution in [3.8, 4) is 0 Å². The van der Waals surface area contributed by atoms with Gasteiger partial charge in [-0.15, -0.1) is 0 Å². The number of alkyl halides is 3. The monoisotopic (exact) mass is 327 g/mol. The van der Waals surface area contributed by atoms with Crippen LogP contribution in [0.1, 0.15) is 13.3 Å². The minimum Gasteiger partial charge on any atom is -0.384 e. The predicted octanol–water partition coefficient (Wildman–Crippen LogP) is 3.54. The van der Waals surface area contributed by atoms with E-state index in [1.165, 1.54) is 12.1 Å². The maximum absolute atomic E-state index is 11.9. The fourth-order valence-corrected chi connectivity index (χ4v) is 3.29. The molecule has 0 radical (unpaired) electrons. The van der Waals surface area contributed by atoms with Gasteiger partial charge in [-0.2, -0.15) is 13.2 Å². The summed E-state index contributed by atoms with van der Waals surface area (Å²) < 4.78 is 59.3. The van der Waals surface area contributed by atoms with Gasteiger partial charge in [0.05, 0.1) is 10.6 Å². The van der Waals surface area contributed by atoms with Crippen LogP contribution in [0.5, 0.6) is 0 Å². The van der Waals surface area contributed by atoms with Gasteiger partial charge < -0.3 is 5.32 Å². The third kappa shape index (κ3) is 6.04. The van der Waals surface area contributed by atoms with E-state index in [2.05, 4.69) is 5.32 Å². The number of nitrogens with one attached hydrogen (secondary N) is 1. The Balaban J connectivity index is 2.51. The van der Waals surface area contributed by atoms with E-state index in [0.717, 1.165) is 0 Å². The quantitative estimate of drug-likeness (QED) is 0.778. The van der Waals surface area contributed by atoms with Crippen LogP contribution in [-0.4, -0.2) is 32.0 Å². The molecule has 0 fully saturated rings. The minimum absolute atomic E-state index is 0.0853. The second kappa shape index (κ2) is 7.21. The summed E-state index contributed by atoms with van der Waals surface area (Å²) in [6, 6.07) is 6.04. The fourth-order valence-electron chi connectivity index (χ4n) is 1.53. The van der Waals surface area contributed by atoms with Crippen molar-refractivity contribution in [1.82, 2.24) is 0 Å². The molecule has 0 spiro atoms. The number of thioether (sulfide) groups is 1. The number of halogens is 3. The molecule has 1 aromatic rings. The molecule has 0 heterocycles. The van der Waals surface area contributed by atoms with Gasteiger partial charge in [0.25, 0.3) is 0 Å². The van der Waals surface area contributed by atoms with Gasteiger partial charge in [0.2, 0.25) is 0 Å². The molecule has 0 saturated heterocycles. The summed E-state index contributed by atoms with van der Waals surface area (Å²) in [6.45, 7) is 1.94. The standard InChI is InChI=1S/C12H16F3NO2S2/c1-2-9-20(17,18)11-5-3-10(4-6-11)16-7-8-19-12(13,14)15/h3-6,16H,2,7-9H2,1H3. The van der Waals surface area contributed by atoms with Crippen LogP contribution in [0.4, 0.5) is 18.9 Å². The van der Waals surface area contributed by atoms with Crippen molar-refractivity contribution in [1.29, 1.82) is 0 Å². The van der Waals surface area contributed by atoms with Crippen LogP contribution in [0, 0.1) is 0 Å². The third-order valence-electron chi connectivity index (χ3n) is 2.38. The number of hydrogen-bond donors (Lipinski definition) is 1. The molecule has 0 aliphatic carbocycles. The van der Waals surface area contributed by atoms with Crippen molar-refractivity contribution >= 4 is 27.3 Å². The van der Waals surface area contributed by atoms with Crippen LogP contribution in [0.15, 0.2) is 29.2 Å². The van der Waals surface area contributed by atoms with Gasteiger partial charge in [-0.25, -0.2) is 8.42 Å². The van der Waals surface area contributed by atoms with Crippen molar-refractivity contribution in [2.24, 2.45) is 0 Å². The van der Waals surface area contributed by atoms with Gasteiger partial charge >= 0.3 is 5.51 Å². The SMILES string of the molecule is CCCS(=O)(=O)c1ccc(NCCSC(F)(F)F)cc1. The molecule has 1 rings (SSSR count). The average Bonchev–Trinajstić information content (AvgIpc) is 2.34. The molecule has 0 saturated carbocycles. The largest absolute Gasteiger partial charge is 0.441 e. The molecule has 0 amide bonds. The highest BCUT2D eigenvalue weighted by molar-refractivity contribution is 8.00. The summed E-state index contributed by atoms with van der Waals surface area (Å²) in [5.74, 6) is -0.0125. The zero-order valence-electron chi connectivity index (χ0n) is 10.9. The highest BCUT2D eigenvalue weighted by atomic mass is 32.2. The first-order valence-corrected chi connectivity index (χ1v) is 8.66. The molecule has 0 unspecified atom stereocenters. The molecule has 1 N–H and O–H groups in total. The van der Waals surface area contributed by atoms with Crippen LogP contribution in [0.2, 0.25) is 0 Å². The fraction of sp³-hybridized carbons (Fsp3) is 0.500. The van der Waals surface area contributed by atoms with E-state index in [1.54, 1.807) is 19.1 Å². The topological polar surface area (TPSA) is 46.2 Å². The Morgan fingerprint density at radius 3 is 2.30 bits per heavy atom. The first kappa shape index (κ1) is 17.2. The summed E-state index contributed by atoms with van der Waals surface area (Å²) in [7, 11) is -3.25. The Morgan fingerprint density at radius 2 is 1.80 bits per heavy atom. The van der Waals surface area contributed by atoms with E-state index in [-0.39, 0.29) is 34.7 Å². The Hall–Kier alpha value is -0.890. The van der Waals surface area contributed by atoms with Crippen molar-refractivity contribution in [3.05, 3.63) is 24.3 Å². The van der Waals surface area contributed by atoms with Crippen LogP contribution >= 0.6 is 11.8 Å². The average molecular weight is 327 g/mol.